The summed E-state index contributed by atoms with van der Waals surface area (Å²) in [4.78, 5) is 4.70. The van der Waals surface area contributed by atoms with Crippen LogP contribution >= 0.6 is 0 Å². The number of rotatable bonds is 6. The summed E-state index contributed by atoms with van der Waals surface area (Å²) < 4.78 is 21.1. The fourth-order valence-corrected chi connectivity index (χ4v) is 9.47. The lowest BCUT2D eigenvalue weighted by Gasteiger charge is -2.31. The Morgan fingerprint density at radius 2 is 0.754 bits per heavy atom. The van der Waals surface area contributed by atoms with Crippen molar-refractivity contribution < 1.29 is 13.3 Å². The van der Waals surface area contributed by atoms with Crippen molar-refractivity contribution in [1.29, 1.82) is 0 Å². The molecule has 12 rings (SSSR count). The van der Waals surface area contributed by atoms with Crippen LogP contribution in [0.1, 0.15) is 26.3 Å². The molecule has 9 aromatic carbocycles. The Morgan fingerprint density at radius 3 is 1.38 bits per heavy atom. The quantitative estimate of drug-likeness (QED) is 0.157. The van der Waals surface area contributed by atoms with Gasteiger partial charge in [-0.3, -0.25) is 0 Å². The van der Waals surface area contributed by atoms with Crippen LogP contribution in [0.15, 0.2) is 201 Å². The number of hydrogen-bond donors (Lipinski definition) is 0. The number of fused-ring (bicyclic) bond motifs is 10. The molecule has 292 valence electrons. The maximum atomic E-state index is 7.22. The van der Waals surface area contributed by atoms with Gasteiger partial charge in [0.15, 0.2) is 16.7 Å². The van der Waals surface area contributed by atoms with E-state index in [1.54, 1.807) is 0 Å². The summed E-state index contributed by atoms with van der Waals surface area (Å²) in [6, 6.07) is 66.0. The molecule has 5 nitrogen and oxygen atoms in total. The summed E-state index contributed by atoms with van der Waals surface area (Å²) in [6.07, 6.45) is 0. The highest BCUT2D eigenvalue weighted by Crippen LogP contribution is 2.55. The minimum absolute atomic E-state index is 0.113. The van der Waals surface area contributed by atoms with E-state index in [1.165, 1.54) is 5.56 Å². The average Bonchev–Trinajstić information content (AvgIpc) is 4.00. The third kappa shape index (κ3) is 5.33. The van der Waals surface area contributed by atoms with Crippen LogP contribution in [0.2, 0.25) is 0 Å². The second-order valence-corrected chi connectivity index (χ2v) is 16.8. The minimum Gasteiger partial charge on any atom is -0.454 e. The van der Waals surface area contributed by atoms with Crippen molar-refractivity contribution in [3.05, 3.63) is 194 Å². The lowest BCUT2D eigenvalue weighted by molar-refractivity contribution is 0.573. The van der Waals surface area contributed by atoms with Gasteiger partial charge < -0.3 is 23.1 Å². The number of nitrogens with zero attached hydrogens (tertiary/aromatic N) is 2. The summed E-state index contributed by atoms with van der Waals surface area (Å²) in [7, 11) is 0. The molecule has 0 saturated heterocycles. The molecule has 0 radical (unpaired) electrons. The van der Waals surface area contributed by atoms with Gasteiger partial charge in [0, 0.05) is 54.6 Å². The normalized spacial score (nSPS) is 12.2. The van der Waals surface area contributed by atoms with Crippen molar-refractivity contribution in [3.63, 3.8) is 0 Å². The Labute approximate surface area is 352 Å². The molecule has 61 heavy (non-hydrogen) atoms. The van der Waals surface area contributed by atoms with Gasteiger partial charge in [0.25, 0.3) is 0 Å². The summed E-state index contributed by atoms with van der Waals surface area (Å²) in [5.74, 6) is 0. The van der Waals surface area contributed by atoms with Crippen LogP contribution in [0.3, 0.4) is 0 Å². The maximum Gasteiger partial charge on any atom is 0.162 e. The van der Waals surface area contributed by atoms with E-state index >= 15 is 0 Å². The number of para-hydroxylation sites is 7. The topological polar surface area (TPSA) is 45.9 Å². The molecule has 12 aromatic rings. The zero-order chi connectivity index (χ0) is 40.8. The summed E-state index contributed by atoms with van der Waals surface area (Å²) in [5.41, 5.74) is 11.8. The summed E-state index contributed by atoms with van der Waals surface area (Å²) in [5, 5.41) is 8.40. The zero-order valence-electron chi connectivity index (χ0n) is 34.0. The van der Waals surface area contributed by atoms with Crippen molar-refractivity contribution in [2.45, 2.75) is 26.2 Å². The van der Waals surface area contributed by atoms with Crippen molar-refractivity contribution in [1.82, 2.24) is 0 Å². The van der Waals surface area contributed by atoms with E-state index in [-0.39, 0.29) is 5.41 Å². The fourth-order valence-electron chi connectivity index (χ4n) is 9.47. The highest BCUT2D eigenvalue weighted by Gasteiger charge is 2.32. The second kappa shape index (κ2) is 13.4. The van der Waals surface area contributed by atoms with Gasteiger partial charge in [-0.05, 0) is 53.9 Å². The average molecular weight is 789 g/mol. The molecule has 0 spiro atoms. The molecule has 0 aliphatic rings. The molecule has 0 unspecified atom stereocenters. The van der Waals surface area contributed by atoms with Crippen LogP contribution in [0.4, 0.5) is 34.1 Å². The highest BCUT2D eigenvalue weighted by atomic mass is 16.3. The van der Waals surface area contributed by atoms with Crippen molar-refractivity contribution in [2.24, 2.45) is 0 Å². The first-order chi connectivity index (χ1) is 29.9. The Morgan fingerprint density at radius 1 is 0.328 bits per heavy atom. The van der Waals surface area contributed by atoms with Crippen LogP contribution in [0, 0.1) is 0 Å². The Hall–Kier alpha value is -7.76. The Bertz CT molecular complexity index is 3650. The molecule has 0 bridgehead atoms. The number of benzene rings is 9. The summed E-state index contributed by atoms with van der Waals surface area (Å²) in [6.45, 7) is 6.73. The van der Waals surface area contributed by atoms with Crippen molar-refractivity contribution in [3.8, 4) is 0 Å². The lowest BCUT2D eigenvalue weighted by Crippen LogP contribution is -2.14. The maximum absolute atomic E-state index is 7.22. The summed E-state index contributed by atoms with van der Waals surface area (Å²) >= 11 is 0. The molecule has 0 saturated carbocycles. The van der Waals surface area contributed by atoms with Crippen molar-refractivity contribution >= 4 is 111 Å². The molecule has 0 amide bonds. The van der Waals surface area contributed by atoms with Gasteiger partial charge in [-0.25, -0.2) is 0 Å². The molecule has 3 heterocycles. The standard InChI is InChI=1S/C56H40N2O3/c1-56(2,3)44-30-16-27-41-42-29-18-32-46(54(42)61-52(41)44)57(35-19-6-4-7-20-35)50-38-24-10-11-25-39(38)51(55-49(50)43-26-13-15-34-48(43)60-55)58(36-21-8-5-9-22-36)45-31-17-28-40-37-23-12-14-33-47(37)59-53(40)45/h4-34H,1-3H3. The van der Waals surface area contributed by atoms with Gasteiger partial charge in [-0.2, -0.15) is 0 Å². The Kier molecular flexibility index (Phi) is 7.72. The molecule has 5 heteroatoms. The first kappa shape index (κ1) is 35.2. The van der Waals surface area contributed by atoms with Crippen LogP contribution in [0.5, 0.6) is 0 Å². The van der Waals surface area contributed by atoms with E-state index < -0.39 is 0 Å². The molecule has 3 aromatic heterocycles. The highest BCUT2D eigenvalue weighted by molar-refractivity contribution is 6.29. The van der Waals surface area contributed by atoms with E-state index in [2.05, 4.69) is 200 Å². The molecule has 0 atom stereocenters. The molecule has 0 aliphatic carbocycles. The number of anilines is 6. The van der Waals surface area contributed by atoms with Crippen LogP contribution in [-0.2, 0) is 5.41 Å². The SMILES string of the molecule is CC(C)(C)c1cccc2c1oc1c(N(c3ccccc3)c3c4ccccc4c(N(c4ccccc4)c4cccc5c4oc4ccccc45)c4oc5ccccc5c34)cccc12. The third-order valence-electron chi connectivity index (χ3n) is 12.1. The van der Waals surface area contributed by atoms with Crippen LogP contribution in [0.25, 0.3) is 76.6 Å². The predicted octanol–water partition coefficient (Wildman–Crippen LogP) is 16.8. The van der Waals surface area contributed by atoms with Crippen LogP contribution in [-0.4, -0.2) is 0 Å². The second-order valence-electron chi connectivity index (χ2n) is 16.8. The van der Waals surface area contributed by atoms with Crippen LogP contribution < -0.4 is 9.80 Å². The first-order valence-corrected chi connectivity index (χ1v) is 20.9. The molecule has 0 aliphatic heterocycles. The van der Waals surface area contributed by atoms with E-state index in [4.69, 9.17) is 13.3 Å². The fraction of sp³-hybridized carbons (Fsp3) is 0.0714. The van der Waals surface area contributed by atoms with Gasteiger partial charge in [0.2, 0.25) is 0 Å². The van der Waals surface area contributed by atoms with E-state index in [0.29, 0.717) is 0 Å². The largest absolute Gasteiger partial charge is 0.454 e. The molecule has 0 N–H and O–H groups in total. The van der Waals surface area contributed by atoms with E-state index in [0.717, 1.165) is 111 Å². The monoisotopic (exact) mass is 788 g/mol. The lowest BCUT2D eigenvalue weighted by atomic mass is 9.86. The van der Waals surface area contributed by atoms with Gasteiger partial charge >= 0.3 is 0 Å². The smallest absolute Gasteiger partial charge is 0.162 e. The molecular weight excluding hydrogens is 749 g/mol. The van der Waals surface area contributed by atoms with Gasteiger partial charge in [-0.15, -0.1) is 0 Å². The van der Waals surface area contributed by atoms with Gasteiger partial charge in [0.1, 0.15) is 16.7 Å². The number of furan rings is 3. The molecule has 0 fully saturated rings. The number of hydrogen-bond acceptors (Lipinski definition) is 5. The zero-order valence-corrected chi connectivity index (χ0v) is 34.0. The van der Waals surface area contributed by atoms with Gasteiger partial charge in [0.05, 0.1) is 28.1 Å². The van der Waals surface area contributed by atoms with E-state index in [9.17, 15) is 0 Å². The first-order valence-electron chi connectivity index (χ1n) is 20.9. The predicted molar refractivity (Wildman–Crippen MR) is 254 cm³/mol. The van der Waals surface area contributed by atoms with Crippen molar-refractivity contribution in [2.75, 3.05) is 9.80 Å². The van der Waals surface area contributed by atoms with E-state index in [1.807, 2.05) is 18.2 Å². The minimum atomic E-state index is -0.113. The van der Waals surface area contributed by atoms with Gasteiger partial charge in [-0.1, -0.05) is 160 Å². The Balaban J connectivity index is 1.24. The molecular formula is C56H40N2O3. The third-order valence-corrected chi connectivity index (χ3v) is 12.1.